The second-order valence-corrected chi connectivity index (χ2v) is 11.0. The van der Waals surface area contributed by atoms with E-state index in [4.69, 9.17) is 9.72 Å². The van der Waals surface area contributed by atoms with Gasteiger partial charge in [0.05, 0.1) is 24.9 Å². The molecule has 0 bridgehead atoms. The Bertz CT molecular complexity index is 1160. The van der Waals surface area contributed by atoms with Gasteiger partial charge in [-0.15, -0.1) is 12.4 Å². The first-order chi connectivity index (χ1) is 15.4. The molecule has 2 saturated heterocycles. The molecule has 1 N–H and O–H groups in total. The molecule has 0 saturated carbocycles. The molecular formula is C22H27Cl2N5O3S. The smallest absolute Gasteiger partial charge is 0.236 e. The first-order valence-corrected chi connectivity index (χ1v) is 13.3. The van der Waals surface area contributed by atoms with Crippen molar-refractivity contribution in [2.45, 2.75) is 24.9 Å². The molecule has 11 heteroatoms. The van der Waals surface area contributed by atoms with Crippen LogP contribution in [0.2, 0.25) is 0 Å². The molecule has 0 atom stereocenters. The van der Waals surface area contributed by atoms with Gasteiger partial charge >= 0.3 is 0 Å². The summed E-state index contributed by atoms with van der Waals surface area (Å²) < 4.78 is 25.0. The molecule has 2 aliphatic heterocycles. The third kappa shape index (κ3) is 7.14. The lowest BCUT2D eigenvalue weighted by atomic mass is 9.94. The molecule has 5 rings (SSSR count). The number of hydrogen-bond donors (Lipinski definition) is 1. The van der Waals surface area contributed by atoms with E-state index >= 15 is 0 Å². The van der Waals surface area contributed by atoms with E-state index in [1.54, 1.807) is 12.4 Å². The Labute approximate surface area is 204 Å². The van der Waals surface area contributed by atoms with Crippen LogP contribution < -0.4 is 15.0 Å². The van der Waals surface area contributed by atoms with E-state index in [2.05, 4.69) is 55.1 Å². The topological polar surface area (TPSA) is 97.3 Å². The summed E-state index contributed by atoms with van der Waals surface area (Å²) in [7, 11) is 1.31. The van der Waals surface area contributed by atoms with Gasteiger partial charge in [-0.3, -0.25) is 4.98 Å². The summed E-state index contributed by atoms with van der Waals surface area (Å²) in [5.41, 5.74) is 2.04. The van der Waals surface area contributed by atoms with Gasteiger partial charge in [0.2, 0.25) is 14.9 Å². The summed E-state index contributed by atoms with van der Waals surface area (Å²) in [6.45, 7) is 3.72. The van der Waals surface area contributed by atoms with Crippen LogP contribution in [0, 0.1) is 0 Å². The second kappa shape index (κ2) is 11.3. The number of ether oxygens (including phenoxy) is 1. The molecule has 33 heavy (non-hydrogen) atoms. The van der Waals surface area contributed by atoms with Crippen molar-refractivity contribution in [2.24, 2.45) is 0 Å². The van der Waals surface area contributed by atoms with E-state index in [1.807, 2.05) is 12.1 Å². The van der Waals surface area contributed by atoms with E-state index in [0.29, 0.717) is 11.8 Å². The van der Waals surface area contributed by atoms with E-state index in [-0.39, 0.29) is 18.5 Å². The minimum absolute atomic E-state index is 0. The van der Waals surface area contributed by atoms with Crippen LogP contribution in [0.5, 0.6) is 5.88 Å². The van der Waals surface area contributed by atoms with Crippen LogP contribution in [0.3, 0.4) is 0 Å². The van der Waals surface area contributed by atoms with Gasteiger partial charge in [-0.1, -0.05) is 18.2 Å². The maximum atomic E-state index is 9.40. The van der Waals surface area contributed by atoms with E-state index < -0.39 is 9.05 Å². The highest BCUT2D eigenvalue weighted by Crippen LogP contribution is 2.31. The number of para-hydroxylation sites is 1. The Morgan fingerprint density at radius 2 is 1.73 bits per heavy atom. The molecule has 0 amide bonds. The van der Waals surface area contributed by atoms with Gasteiger partial charge < -0.3 is 15.0 Å². The van der Waals surface area contributed by atoms with Crippen LogP contribution in [0.1, 0.15) is 24.5 Å². The summed E-state index contributed by atoms with van der Waals surface area (Å²) >= 11 is 0. The largest absolute Gasteiger partial charge is 0.469 e. The lowest BCUT2D eigenvalue weighted by Crippen LogP contribution is -2.54. The third-order valence-electron chi connectivity index (χ3n) is 5.45. The number of halogens is 2. The normalized spacial score (nSPS) is 16.8. The van der Waals surface area contributed by atoms with E-state index in [0.717, 1.165) is 62.3 Å². The van der Waals surface area contributed by atoms with Crippen molar-refractivity contribution in [1.82, 2.24) is 20.3 Å². The van der Waals surface area contributed by atoms with E-state index in [9.17, 15) is 8.42 Å². The zero-order chi connectivity index (χ0) is 22.6. The highest BCUT2D eigenvalue weighted by molar-refractivity contribution is 8.13. The first-order valence-electron chi connectivity index (χ1n) is 10.6. The SMILES string of the molecule is CS(=O)(=O)Cl.Cl.c1ccc2nc(N3CC(Oc4nccnc4C4CCNCC4)C3)ccc2c1. The Hall–Kier alpha value is -2.20. The predicted octanol–water partition coefficient (Wildman–Crippen LogP) is 3.37. The van der Waals surface area contributed by atoms with Crippen molar-refractivity contribution in [1.29, 1.82) is 0 Å². The molecule has 8 nitrogen and oxygen atoms in total. The maximum absolute atomic E-state index is 9.40. The van der Waals surface area contributed by atoms with Crippen LogP contribution in [0.25, 0.3) is 10.9 Å². The molecule has 0 aliphatic carbocycles. The third-order valence-corrected chi connectivity index (χ3v) is 5.45. The number of aromatic nitrogens is 3. The molecule has 4 heterocycles. The fourth-order valence-corrected chi connectivity index (χ4v) is 3.89. The van der Waals surface area contributed by atoms with Crippen LogP contribution in [-0.4, -0.2) is 61.9 Å². The Morgan fingerprint density at radius 1 is 1.06 bits per heavy atom. The molecule has 3 aromatic rings. The standard InChI is InChI=1S/C21H23N5O.CH3ClO2S.ClH/c1-2-4-18-15(3-1)5-6-19(25-18)26-13-17(14-26)27-21-20(23-11-12-24-21)16-7-9-22-10-8-16;1-5(2,3)4;/h1-6,11-12,16-17,22H,7-10,13-14H2;1H3;1H. The summed E-state index contributed by atoms with van der Waals surface area (Å²) in [6, 6.07) is 12.4. The van der Waals surface area contributed by atoms with Gasteiger partial charge in [0.15, 0.2) is 0 Å². The van der Waals surface area contributed by atoms with Crippen molar-refractivity contribution in [3.63, 3.8) is 0 Å². The van der Waals surface area contributed by atoms with E-state index in [1.165, 1.54) is 5.39 Å². The zero-order valence-corrected chi connectivity index (χ0v) is 20.6. The number of hydrogen-bond acceptors (Lipinski definition) is 8. The quantitative estimate of drug-likeness (QED) is 0.532. The number of benzene rings is 1. The van der Waals surface area contributed by atoms with Gasteiger partial charge in [-0.05, 0) is 44.1 Å². The zero-order valence-electron chi connectivity index (χ0n) is 18.2. The monoisotopic (exact) mass is 511 g/mol. The average Bonchev–Trinajstić information content (AvgIpc) is 2.75. The predicted molar refractivity (Wildman–Crippen MR) is 133 cm³/mol. The van der Waals surface area contributed by atoms with Crippen LogP contribution in [0.15, 0.2) is 48.8 Å². The molecule has 0 unspecified atom stereocenters. The Morgan fingerprint density at radius 3 is 2.45 bits per heavy atom. The minimum atomic E-state index is -3.19. The lowest BCUT2D eigenvalue weighted by molar-refractivity contribution is 0.156. The molecule has 178 valence electrons. The fourth-order valence-electron chi connectivity index (χ4n) is 3.89. The highest BCUT2D eigenvalue weighted by atomic mass is 35.7. The molecule has 1 aromatic carbocycles. The summed E-state index contributed by atoms with van der Waals surface area (Å²) in [5, 5.41) is 4.57. The molecule has 0 spiro atoms. The minimum Gasteiger partial charge on any atom is -0.469 e. The highest BCUT2D eigenvalue weighted by Gasteiger charge is 2.31. The number of pyridine rings is 1. The first kappa shape index (κ1) is 25.4. The lowest BCUT2D eigenvalue weighted by Gasteiger charge is -2.40. The van der Waals surface area contributed by atoms with Crippen molar-refractivity contribution < 1.29 is 13.2 Å². The number of fused-ring (bicyclic) bond motifs is 1. The second-order valence-electron chi connectivity index (χ2n) is 7.96. The van der Waals surface area contributed by atoms with Crippen LogP contribution in [-0.2, 0) is 9.05 Å². The Balaban J connectivity index is 0.000000465. The maximum Gasteiger partial charge on any atom is 0.236 e. The van der Waals surface area contributed by atoms with Crippen LogP contribution >= 0.6 is 23.1 Å². The fraction of sp³-hybridized carbons (Fsp3) is 0.409. The number of nitrogens with one attached hydrogen (secondary N) is 1. The number of piperidine rings is 1. The summed E-state index contributed by atoms with van der Waals surface area (Å²) in [6.07, 6.45) is 6.74. The van der Waals surface area contributed by atoms with Gasteiger partial charge in [-0.2, -0.15) is 0 Å². The van der Waals surface area contributed by atoms with Gasteiger partial charge in [0, 0.05) is 34.4 Å². The molecule has 2 aromatic heterocycles. The number of nitrogens with zero attached hydrogens (tertiary/aromatic N) is 4. The van der Waals surface area contributed by atoms with Gasteiger partial charge in [0.25, 0.3) is 0 Å². The molecular weight excluding hydrogens is 485 g/mol. The van der Waals surface area contributed by atoms with Crippen LogP contribution in [0.4, 0.5) is 5.82 Å². The molecule has 2 aliphatic rings. The van der Waals surface area contributed by atoms with Crippen molar-refractivity contribution in [3.8, 4) is 5.88 Å². The number of rotatable bonds is 4. The van der Waals surface area contributed by atoms with Crippen molar-refractivity contribution in [3.05, 3.63) is 54.5 Å². The van der Waals surface area contributed by atoms with Gasteiger partial charge in [0.1, 0.15) is 17.6 Å². The summed E-state index contributed by atoms with van der Waals surface area (Å²) in [5.74, 6) is 2.15. The molecule has 2 fully saturated rings. The average molecular weight is 512 g/mol. The van der Waals surface area contributed by atoms with Gasteiger partial charge in [-0.25, -0.2) is 18.4 Å². The molecule has 0 radical (unpaired) electrons. The number of anilines is 1. The van der Waals surface area contributed by atoms with Crippen molar-refractivity contribution in [2.75, 3.05) is 37.3 Å². The Kier molecular flexibility index (Phi) is 8.69. The van der Waals surface area contributed by atoms with Crippen molar-refractivity contribution >= 4 is 48.9 Å². The summed E-state index contributed by atoms with van der Waals surface area (Å²) in [4.78, 5) is 16.1.